The van der Waals surface area contributed by atoms with Crippen molar-refractivity contribution in [2.24, 2.45) is 0 Å². The van der Waals surface area contributed by atoms with Crippen LogP contribution in [0.4, 0.5) is 0 Å². The number of nitrogens with zero attached hydrogens (tertiary/aromatic N) is 1. The van der Waals surface area contributed by atoms with Gasteiger partial charge in [-0.05, 0) is 32.2 Å². The van der Waals surface area contributed by atoms with Crippen LogP contribution in [-0.2, 0) is 0 Å². The zero-order valence-corrected chi connectivity index (χ0v) is 8.57. The van der Waals surface area contributed by atoms with E-state index in [-0.39, 0.29) is 0 Å². The molecule has 2 heterocycles. The Labute approximate surface area is 79.1 Å². The first-order valence-corrected chi connectivity index (χ1v) is 6.02. The highest BCUT2D eigenvalue weighted by molar-refractivity contribution is 7.99. The van der Waals surface area contributed by atoms with Crippen molar-refractivity contribution in [2.45, 2.75) is 24.9 Å². The lowest BCUT2D eigenvalue weighted by Crippen LogP contribution is -2.39. The Kier molecular flexibility index (Phi) is 2.94. The van der Waals surface area contributed by atoms with Gasteiger partial charge in [0, 0.05) is 24.4 Å². The molecule has 1 N–H and O–H groups in total. The summed E-state index contributed by atoms with van der Waals surface area (Å²) < 4.78 is 0. The van der Waals surface area contributed by atoms with Gasteiger partial charge in [-0.15, -0.1) is 0 Å². The highest BCUT2D eigenvalue weighted by Crippen LogP contribution is 2.19. The summed E-state index contributed by atoms with van der Waals surface area (Å²) in [6.45, 7) is 2.53. The number of rotatable bonds is 2. The molecular weight excluding hydrogens is 168 g/mol. The smallest absolute Gasteiger partial charge is 0.0209 e. The SMILES string of the molecule is CN1CC[C@@H](N[C@H]2CCSC2)C1. The Hall–Kier alpha value is 0.270. The monoisotopic (exact) mass is 186 g/mol. The number of likely N-dealkylation sites (tertiary alicyclic amines) is 1. The van der Waals surface area contributed by atoms with Gasteiger partial charge in [0.25, 0.3) is 0 Å². The molecule has 0 spiro atoms. The number of likely N-dealkylation sites (N-methyl/N-ethyl adjacent to an activating group) is 1. The Morgan fingerprint density at radius 1 is 1.33 bits per heavy atom. The van der Waals surface area contributed by atoms with Crippen LogP contribution in [0, 0.1) is 0 Å². The molecule has 2 fully saturated rings. The second kappa shape index (κ2) is 3.99. The summed E-state index contributed by atoms with van der Waals surface area (Å²) in [4.78, 5) is 2.42. The van der Waals surface area contributed by atoms with E-state index in [4.69, 9.17) is 0 Å². The highest BCUT2D eigenvalue weighted by Gasteiger charge is 2.23. The minimum absolute atomic E-state index is 0.777. The van der Waals surface area contributed by atoms with Crippen LogP contribution in [0.5, 0.6) is 0 Å². The lowest BCUT2D eigenvalue weighted by molar-refractivity contribution is 0.386. The van der Waals surface area contributed by atoms with Gasteiger partial charge in [0.2, 0.25) is 0 Å². The summed E-state index contributed by atoms with van der Waals surface area (Å²) in [7, 11) is 2.21. The highest BCUT2D eigenvalue weighted by atomic mass is 32.2. The van der Waals surface area contributed by atoms with Gasteiger partial charge in [0.15, 0.2) is 0 Å². The van der Waals surface area contributed by atoms with Gasteiger partial charge in [-0.1, -0.05) is 0 Å². The maximum absolute atomic E-state index is 3.75. The molecule has 2 saturated heterocycles. The fourth-order valence-corrected chi connectivity index (χ4v) is 3.24. The van der Waals surface area contributed by atoms with Crippen LogP contribution in [0.25, 0.3) is 0 Å². The molecule has 0 aromatic rings. The molecule has 0 saturated carbocycles. The molecule has 0 bridgehead atoms. The maximum atomic E-state index is 3.75. The van der Waals surface area contributed by atoms with Gasteiger partial charge < -0.3 is 10.2 Å². The third kappa shape index (κ3) is 2.15. The quantitative estimate of drug-likeness (QED) is 0.686. The molecule has 2 aliphatic rings. The van der Waals surface area contributed by atoms with Crippen LogP contribution in [0.1, 0.15) is 12.8 Å². The Balaban J connectivity index is 1.72. The first kappa shape index (κ1) is 8.85. The van der Waals surface area contributed by atoms with E-state index >= 15 is 0 Å². The van der Waals surface area contributed by atoms with E-state index in [1.165, 1.54) is 37.4 Å². The molecule has 2 aliphatic heterocycles. The van der Waals surface area contributed by atoms with Gasteiger partial charge in [0.1, 0.15) is 0 Å². The molecule has 12 heavy (non-hydrogen) atoms. The molecule has 3 heteroatoms. The third-order valence-electron chi connectivity index (χ3n) is 2.79. The molecular formula is C9H18N2S. The summed E-state index contributed by atoms with van der Waals surface area (Å²) >= 11 is 2.09. The molecule has 2 rings (SSSR count). The van der Waals surface area contributed by atoms with Crippen molar-refractivity contribution in [3.63, 3.8) is 0 Å². The summed E-state index contributed by atoms with van der Waals surface area (Å²) in [5, 5.41) is 3.75. The van der Waals surface area contributed by atoms with Crippen LogP contribution < -0.4 is 5.32 Å². The zero-order chi connectivity index (χ0) is 8.39. The van der Waals surface area contributed by atoms with Crippen molar-refractivity contribution >= 4 is 11.8 Å². The van der Waals surface area contributed by atoms with E-state index in [1.807, 2.05) is 0 Å². The Morgan fingerprint density at radius 3 is 2.83 bits per heavy atom. The van der Waals surface area contributed by atoms with Gasteiger partial charge in [-0.25, -0.2) is 0 Å². The molecule has 0 aromatic carbocycles. The van der Waals surface area contributed by atoms with Crippen LogP contribution in [-0.4, -0.2) is 48.6 Å². The van der Waals surface area contributed by atoms with Gasteiger partial charge >= 0.3 is 0 Å². The Morgan fingerprint density at radius 2 is 2.25 bits per heavy atom. The molecule has 2 atom stereocenters. The standard InChI is InChI=1S/C9H18N2S/c1-11-4-2-8(6-11)10-9-3-5-12-7-9/h8-10H,2-7H2,1H3/t8-,9+/m1/s1. The number of thioether (sulfide) groups is 1. The van der Waals surface area contributed by atoms with Crippen LogP contribution >= 0.6 is 11.8 Å². The van der Waals surface area contributed by atoms with E-state index in [0.29, 0.717) is 0 Å². The fourth-order valence-electron chi connectivity index (χ4n) is 2.07. The summed E-state index contributed by atoms with van der Waals surface area (Å²) in [5.41, 5.74) is 0. The summed E-state index contributed by atoms with van der Waals surface area (Å²) in [6.07, 6.45) is 2.72. The van der Waals surface area contributed by atoms with Crippen LogP contribution in [0.15, 0.2) is 0 Å². The van der Waals surface area contributed by atoms with Crippen molar-refractivity contribution in [1.82, 2.24) is 10.2 Å². The van der Waals surface area contributed by atoms with E-state index in [1.54, 1.807) is 0 Å². The fraction of sp³-hybridized carbons (Fsp3) is 1.00. The minimum Gasteiger partial charge on any atom is -0.309 e. The molecule has 2 nitrogen and oxygen atoms in total. The summed E-state index contributed by atoms with van der Waals surface area (Å²) in [6, 6.07) is 1.59. The Bertz CT molecular complexity index is 145. The topological polar surface area (TPSA) is 15.3 Å². The minimum atomic E-state index is 0.777. The number of hydrogen-bond acceptors (Lipinski definition) is 3. The molecule has 0 unspecified atom stereocenters. The van der Waals surface area contributed by atoms with Crippen molar-refractivity contribution < 1.29 is 0 Å². The van der Waals surface area contributed by atoms with Crippen molar-refractivity contribution in [1.29, 1.82) is 0 Å². The van der Waals surface area contributed by atoms with E-state index in [2.05, 4.69) is 29.0 Å². The van der Waals surface area contributed by atoms with Gasteiger partial charge in [0.05, 0.1) is 0 Å². The van der Waals surface area contributed by atoms with Crippen molar-refractivity contribution in [2.75, 3.05) is 31.6 Å². The molecule has 0 aliphatic carbocycles. The van der Waals surface area contributed by atoms with Gasteiger partial charge in [-0.3, -0.25) is 0 Å². The first-order chi connectivity index (χ1) is 5.84. The number of hydrogen-bond donors (Lipinski definition) is 1. The molecule has 0 radical (unpaired) electrons. The average molecular weight is 186 g/mol. The van der Waals surface area contributed by atoms with Crippen LogP contribution in [0.3, 0.4) is 0 Å². The van der Waals surface area contributed by atoms with Crippen molar-refractivity contribution in [3.05, 3.63) is 0 Å². The normalized spacial score (nSPS) is 37.8. The molecule has 70 valence electrons. The van der Waals surface area contributed by atoms with E-state index < -0.39 is 0 Å². The second-order valence-corrected chi connectivity index (χ2v) is 5.12. The first-order valence-electron chi connectivity index (χ1n) is 4.87. The maximum Gasteiger partial charge on any atom is 0.0209 e. The lowest BCUT2D eigenvalue weighted by Gasteiger charge is -2.17. The molecule has 0 aromatic heterocycles. The molecule has 0 amide bonds. The predicted molar refractivity (Wildman–Crippen MR) is 54.8 cm³/mol. The van der Waals surface area contributed by atoms with Crippen LogP contribution in [0.2, 0.25) is 0 Å². The predicted octanol–water partition coefficient (Wildman–Crippen LogP) is 0.786. The average Bonchev–Trinajstić information content (AvgIpc) is 2.63. The summed E-state index contributed by atoms with van der Waals surface area (Å²) in [5.74, 6) is 2.69. The largest absolute Gasteiger partial charge is 0.309 e. The zero-order valence-electron chi connectivity index (χ0n) is 7.75. The number of nitrogens with one attached hydrogen (secondary N) is 1. The lowest BCUT2D eigenvalue weighted by atomic mass is 10.2. The van der Waals surface area contributed by atoms with Gasteiger partial charge in [-0.2, -0.15) is 11.8 Å². The van der Waals surface area contributed by atoms with E-state index in [9.17, 15) is 0 Å². The third-order valence-corrected chi connectivity index (χ3v) is 3.95. The van der Waals surface area contributed by atoms with Crippen molar-refractivity contribution in [3.8, 4) is 0 Å². The van der Waals surface area contributed by atoms with E-state index in [0.717, 1.165) is 12.1 Å². The second-order valence-electron chi connectivity index (χ2n) is 3.98.